The quantitative estimate of drug-likeness (QED) is 0.257. The predicted octanol–water partition coefficient (Wildman–Crippen LogP) is 3.41. The summed E-state index contributed by atoms with van der Waals surface area (Å²) in [7, 11) is 0. The highest BCUT2D eigenvalue weighted by Gasteiger charge is 1.93. The first kappa shape index (κ1) is 24.6. The highest BCUT2D eigenvalue weighted by atomic mass is 16.2. The highest BCUT2D eigenvalue weighted by Crippen LogP contribution is 2.09. The van der Waals surface area contributed by atoms with Crippen LogP contribution in [0, 0.1) is 0 Å². The molecule has 0 saturated heterocycles. The maximum atomic E-state index is 10.5. The molecule has 0 spiro atoms. The molecule has 24 heavy (non-hydrogen) atoms. The van der Waals surface area contributed by atoms with E-state index in [1.54, 1.807) is 0 Å². The van der Waals surface area contributed by atoms with Crippen molar-refractivity contribution in [2.45, 2.75) is 71.1 Å². The van der Waals surface area contributed by atoms with Gasteiger partial charge in [-0.05, 0) is 25.1 Å². The summed E-state index contributed by atoms with van der Waals surface area (Å²) in [5.74, 6) is -0.649. The van der Waals surface area contributed by atoms with Crippen LogP contribution < -0.4 is 16.4 Å². The Hall–Kier alpha value is -1.62. The summed E-state index contributed by atoms with van der Waals surface area (Å²) in [5.41, 5.74) is 5.42. The minimum atomic E-state index is -0.325. The second-order valence-electron chi connectivity index (χ2n) is 5.64. The number of rotatable bonds is 14. The first-order valence-electron chi connectivity index (χ1n) is 9.12. The zero-order valence-electron chi connectivity index (χ0n) is 15.4. The number of hydrogen-bond donors (Lipinski definition) is 3. The van der Waals surface area contributed by atoms with Crippen LogP contribution in [0.2, 0.25) is 0 Å². The third-order valence-corrected chi connectivity index (χ3v) is 3.45. The Morgan fingerprint density at radius 1 is 0.792 bits per heavy atom. The van der Waals surface area contributed by atoms with E-state index in [1.807, 2.05) is 0 Å². The van der Waals surface area contributed by atoms with Gasteiger partial charge in [-0.25, -0.2) is 0 Å². The molecule has 0 unspecified atom stereocenters. The molecular weight excluding hydrogens is 302 g/mol. The number of amides is 2. The number of hydrogen-bond acceptors (Lipinski definition) is 3. The molecular formula is C19H37N3O2. The smallest absolute Gasteiger partial charge is 0.244 e. The van der Waals surface area contributed by atoms with Crippen molar-refractivity contribution < 1.29 is 9.59 Å². The summed E-state index contributed by atoms with van der Waals surface area (Å²) in [6.07, 6.45) is 16.2. The fraction of sp³-hybridized carbons (Fsp3) is 0.684. The number of carbonyl (C=O) groups is 2. The van der Waals surface area contributed by atoms with E-state index in [2.05, 4.69) is 30.7 Å². The van der Waals surface area contributed by atoms with Gasteiger partial charge >= 0.3 is 0 Å². The largest absolute Gasteiger partial charge is 0.335 e. The van der Waals surface area contributed by atoms with Crippen molar-refractivity contribution in [3.63, 3.8) is 0 Å². The van der Waals surface area contributed by atoms with E-state index in [-0.39, 0.29) is 18.5 Å². The summed E-state index contributed by atoms with van der Waals surface area (Å²) in [6.45, 7) is 9.70. The molecule has 2 amide bonds. The van der Waals surface area contributed by atoms with Crippen LogP contribution in [0.5, 0.6) is 0 Å². The van der Waals surface area contributed by atoms with Gasteiger partial charge in [-0.1, -0.05) is 77.9 Å². The van der Waals surface area contributed by atoms with Crippen molar-refractivity contribution >= 4 is 11.8 Å². The molecule has 0 aliphatic carbocycles. The van der Waals surface area contributed by atoms with Crippen molar-refractivity contribution in [2.75, 3.05) is 13.2 Å². The molecule has 0 radical (unpaired) electrons. The molecule has 0 saturated carbocycles. The van der Waals surface area contributed by atoms with Crippen molar-refractivity contribution in [1.29, 1.82) is 0 Å². The van der Waals surface area contributed by atoms with Gasteiger partial charge in [0.05, 0.1) is 6.67 Å². The molecule has 0 bridgehead atoms. The number of nitrogens with one attached hydrogen (secondary N) is 2. The first-order valence-corrected chi connectivity index (χ1v) is 9.12. The summed E-state index contributed by atoms with van der Waals surface area (Å²) in [6, 6.07) is 0. The van der Waals surface area contributed by atoms with Gasteiger partial charge < -0.3 is 16.4 Å². The van der Waals surface area contributed by atoms with Crippen molar-refractivity contribution in [3.05, 3.63) is 25.3 Å². The lowest BCUT2D eigenvalue weighted by molar-refractivity contribution is -0.118. The van der Waals surface area contributed by atoms with Crippen LogP contribution in [-0.4, -0.2) is 25.0 Å². The molecule has 0 heterocycles. The first-order chi connectivity index (χ1) is 11.6. The lowest BCUT2D eigenvalue weighted by atomic mass is 10.1. The molecule has 0 fully saturated rings. The Labute approximate surface area is 148 Å². The molecule has 0 aromatic carbocycles. The lowest BCUT2D eigenvalue weighted by Crippen LogP contribution is -2.35. The maximum Gasteiger partial charge on any atom is 0.244 e. The average Bonchev–Trinajstić information content (AvgIpc) is 2.60. The van der Waals surface area contributed by atoms with Gasteiger partial charge in [-0.15, -0.1) is 0 Å². The molecule has 0 aliphatic rings. The minimum Gasteiger partial charge on any atom is -0.335 e. The summed E-state index contributed by atoms with van der Waals surface area (Å²) >= 11 is 0. The standard InChI is InChI=1S/C12H27N.C7H10N2O2/c1-2-3-4-5-6-7-8-9-10-11-12-13;1-3-6(10)8-5-9-7(11)4-2/h2-13H2,1H3;3-4H,1-2,5H2,(H,8,10)(H,9,11). The van der Waals surface area contributed by atoms with Gasteiger partial charge in [0.2, 0.25) is 11.8 Å². The molecule has 140 valence electrons. The SMILES string of the molecule is C=CC(=O)NCNC(=O)C=C.CCCCCCCCCCCCN. The van der Waals surface area contributed by atoms with Crippen LogP contribution in [0.3, 0.4) is 0 Å². The zero-order valence-corrected chi connectivity index (χ0v) is 15.4. The number of unbranched alkanes of at least 4 members (excludes halogenated alkanes) is 9. The van der Waals surface area contributed by atoms with E-state index in [0.717, 1.165) is 18.7 Å². The second-order valence-corrected chi connectivity index (χ2v) is 5.64. The van der Waals surface area contributed by atoms with Gasteiger partial charge in [-0.3, -0.25) is 9.59 Å². The Morgan fingerprint density at radius 3 is 1.50 bits per heavy atom. The third-order valence-electron chi connectivity index (χ3n) is 3.45. The zero-order chi connectivity index (χ0) is 18.5. The third kappa shape index (κ3) is 22.7. The fourth-order valence-corrected chi connectivity index (χ4v) is 1.99. The molecule has 4 N–H and O–H groups in total. The second kappa shape index (κ2) is 21.4. The van der Waals surface area contributed by atoms with Crippen molar-refractivity contribution in [2.24, 2.45) is 5.73 Å². The summed E-state index contributed by atoms with van der Waals surface area (Å²) < 4.78 is 0. The van der Waals surface area contributed by atoms with E-state index >= 15 is 0 Å². The molecule has 5 heteroatoms. The average molecular weight is 340 g/mol. The fourth-order valence-electron chi connectivity index (χ4n) is 1.99. The normalized spacial score (nSPS) is 9.42. The number of carbonyl (C=O) groups excluding carboxylic acids is 2. The minimum absolute atomic E-state index is 0.0930. The summed E-state index contributed by atoms with van der Waals surface area (Å²) in [5, 5.41) is 4.72. The van der Waals surface area contributed by atoms with Crippen LogP contribution in [0.4, 0.5) is 0 Å². The van der Waals surface area contributed by atoms with Gasteiger partial charge in [0, 0.05) is 0 Å². The Balaban J connectivity index is 0. The number of nitrogens with two attached hydrogens (primary N) is 1. The Morgan fingerprint density at radius 2 is 1.17 bits per heavy atom. The summed E-state index contributed by atoms with van der Waals surface area (Å²) in [4.78, 5) is 21.0. The van der Waals surface area contributed by atoms with Gasteiger partial charge in [0.15, 0.2) is 0 Å². The molecule has 0 aromatic heterocycles. The highest BCUT2D eigenvalue weighted by molar-refractivity contribution is 5.89. The van der Waals surface area contributed by atoms with Crippen molar-refractivity contribution in [3.8, 4) is 0 Å². The van der Waals surface area contributed by atoms with Crippen LogP contribution >= 0.6 is 0 Å². The molecule has 0 aliphatic heterocycles. The maximum absolute atomic E-state index is 10.5. The monoisotopic (exact) mass is 339 g/mol. The van der Waals surface area contributed by atoms with Crippen LogP contribution in [0.1, 0.15) is 71.1 Å². The molecule has 0 aromatic rings. The van der Waals surface area contributed by atoms with Gasteiger partial charge in [0.1, 0.15) is 0 Å². The van der Waals surface area contributed by atoms with Crippen LogP contribution in [0.25, 0.3) is 0 Å². The molecule has 5 nitrogen and oxygen atoms in total. The van der Waals surface area contributed by atoms with Crippen LogP contribution in [-0.2, 0) is 9.59 Å². The predicted molar refractivity (Wildman–Crippen MR) is 102 cm³/mol. The van der Waals surface area contributed by atoms with Gasteiger partial charge in [0.25, 0.3) is 0 Å². The Bertz CT molecular complexity index is 301. The van der Waals surface area contributed by atoms with E-state index in [0.29, 0.717) is 0 Å². The van der Waals surface area contributed by atoms with Gasteiger partial charge in [-0.2, -0.15) is 0 Å². The topological polar surface area (TPSA) is 84.2 Å². The lowest BCUT2D eigenvalue weighted by Gasteiger charge is -2.01. The molecule has 0 rings (SSSR count). The van der Waals surface area contributed by atoms with E-state index in [4.69, 9.17) is 5.73 Å². The van der Waals surface area contributed by atoms with Crippen LogP contribution in [0.15, 0.2) is 25.3 Å². The van der Waals surface area contributed by atoms with Crippen molar-refractivity contribution in [1.82, 2.24) is 10.6 Å². The van der Waals surface area contributed by atoms with E-state index in [1.165, 1.54) is 64.2 Å². The van der Waals surface area contributed by atoms with E-state index < -0.39 is 0 Å². The Kier molecular flexibility index (Phi) is 21.9. The molecule has 0 atom stereocenters. The van der Waals surface area contributed by atoms with E-state index in [9.17, 15) is 9.59 Å².